The van der Waals surface area contributed by atoms with Crippen molar-refractivity contribution in [3.63, 3.8) is 0 Å². The first-order chi connectivity index (χ1) is 6.77. The maximum Gasteiger partial charge on any atom is 0.162 e. The van der Waals surface area contributed by atoms with Crippen LogP contribution in [0.1, 0.15) is 19.8 Å². The van der Waals surface area contributed by atoms with Crippen LogP contribution in [0.25, 0.3) is 0 Å². The minimum absolute atomic E-state index is 0.205. The van der Waals surface area contributed by atoms with Gasteiger partial charge in [-0.3, -0.25) is 4.79 Å². The van der Waals surface area contributed by atoms with E-state index in [1.165, 1.54) is 0 Å². The van der Waals surface area contributed by atoms with Crippen LogP contribution in [-0.2, 0) is 4.79 Å². The Morgan fingerprint density at radius 2 is 1.86 bits per heavy atom. The molecular weight excluding hydrogens is 176 g/mol. The monoisotopic (exact) mass is 188 g/mol. The quantitative estimate of drug-likeness (QED) is 0.713. The molecule has 0 radical (unpaired) electrons. The lowest BCUT2D eigenvalue weighted by atomic mass is 10.2. The average molecular weight is 188 g/mol. The van der Waals surface area contributed by atoms with Crippen LogP contribution in [0.2, 0.25) is 0 Å². The molecule has 14 heavy (non-hydrogen) atoms. The van der Waals surface area contributed by atoms with Gasteiger partial charge in [0, 0.05) is 18.4 Å². The van der Waals surface area contributed by atoms with Crippen molar-refractivity contribution in [1.29, 1.82) is 0 Å². The Hall–Kier alpha value is -1.57. The molecule has 0 spiro atoms. The largest absolute Gasteiger partial charge is 0.461 e. The predicted molar refractivity (Wildman–Crippen MR) is 54.0 cm³/mol. The molecule has 0 amide bonds. The number of hydrogen-bond acceptors (Lipinski definition) is 2. The molecule has 0 N–H and O–H groups in total. The lowest BCUT2D eigenvalue weighted by Crippen LogP contribution is -1.95. The van der Waals surface area contributed by atoms with Crippen molar-refractivity contribution in [3.05, 3.63) is 41.7 Å². The van der Waals surface area contributed by atoms with E-state index in [1.54, 1.807) is 0 Å². The number of allylic oxidation sites excluding steroid dienone is 2. The number of ether oxygens (including phenoxy) is 1. The van der Waals surface area contributed by atoms with Gasteiger partial charge in [0.1, 0.15) is 11.5 Å². The predicted octanol–water partition coefficient (Wildman–Crippen LogP) is 2.70. The molecule has 0 unspecified atom stereocenters. The van der Waals surface area contributed by atoms with Crippen LogP contribution in [0.15, 0.2) is 41.7 Å². The van der Waals surface area contributed by atoms with Crippen molar-refractivity contribution in [2.75, 3.05) is 0 Å². The van der Waals surface area contributed by atoms with E-state index in [4.69, 9.17) is 4.74 Å². The fourth-order valence-electron chi connectivity index (χ4n) is 1.52. The van der Waals surface area contributed by atoms with Gasteiger partial charge >= 0.3 is 0 Å². The van der Waals surface area contributed by atoms with Crippen molar-refractivity contribution < 1.29 is 9.53 Å². The number of hydrogen-bond donors (Lipinski definition) is 0. The third kappa shape index (κ3) is 1.69. The van der Waals surface area contributed by atoms with Crippen molar-refractivity contribution in [2.24, 2.45) is 0 Å². The van der Waals surface area contributed by atoms with E-state index in [0.29, 0.717) is 6.42 Å². The Morgan fingerprint density at radius 3 is 2.43 bits per heavy atom. The summed E-state index contributed by atoms with van der Waals surface area (Å²) in [5.41, 5.74) is 0.772. The maximum absolute atomic E-state index is 11.2. The van der Waals surface area contributed by atoms with Gasteiger partial charge < -0.3 is 4.74 Å². The van der Waals surface area contributed by atoms with Crippen LogP contribution in [-0.4, -0.2) is 5.78 Å². The van der Waals surface area contributed by atoms with Gasteiger partial charge in [-0.1, -0.05) is 18.2 Å². The summed E-state index contributed by atoms with van der Waals surface area (Å²) in [7, 11) is 0. The van der Waals surface area contributed by atoms with Gasteiger partial charge in [-0.2, -0.15) is 0 Å². The van der Waals surface area contributed by atoms with Gasteiger partial charge in [0.15, 0.2) is 5.78 Å². The van der Waals surface area contributed by atoms with E-state index in [2.05, 4.69) is 0 Å². The van der Waals surface area contributed by atoms with Gasteiger partial charge in [-0.15, -0.1) is 0 Å². The topological polar surface area (TPSA) is 26.3 Å². The van der Waals surface area contributed by atoms with Crippen LogP contribution in [0.5, 0.6) is 5.75 Å². The van der Waals surface area contributed by atoms with E-state index >= 15 is 0 Å². The zero-order chi connectivity index (χ0) is 9.97. The summed E-state index contributed by atoms with van der Waals surface area (Å²) in [6.45, 7) is 1.83. The standard InChI is InChI=1S/C12H12O2/c1-9-11(13)7-8-12(9)14-10-5-3-2-4-6-10/h2-6H,7-8H2,1H3. The lowest BCUT2D eigenvalue weighted by Gasteiger charge is -2.06. The highest BCUT2D eigenvalue weighted by Crippen LogP contribution is 2.25. The smallest absolute Gasteiger partial charge is 0.162 e. The van der Waals surface area contributed by atoms with E-state index in [0.717, 1.165) is 23.5 Å². The highest BCUT2D eigenvalue weighted by atomic mass is 16.5. The number of benzene rings is 1. The Labute approximate surface area is 83.2 Å². The Kier molecular flexibility index (Phi) is 2.35. The zero-order valence-corrected chi connectivity index (χ0v) is 8.12. The van der Waals surface area contributed by atoms with Gasteiger partial charge in [-0.05, 0) is 19.1 Å². The summed E-state index contributed by atoms with van der Waals surface area (Å²) in [4.78, 5) is 11.2. The number of Topliss-reactive ketones (excluding diaryl/α,β-unsaturated/α-hetero) is 1. The average Bonchev–Trinajstić information content (AvgIpc) is 2.52. The Morgan fingerprint density at radius 1 is 1.14 bits per heavy atom. The van der Waals surface area contributed by atoms with Gasteiger partial charge in [0.25, 0.3) is 0 Å². The molecule has 0 aliphatic heterocycles. The fourth-order valence-corrected chi connectivity index (χ4v) is 1.52. The van der Waals surface area contributed by atoms with Crippen LogP contribution in [0.3, 0.4) is 0 Å². The first kappa shape index (κ1) is 9.00. The van der Waals surface area contributed by atoms with Gasteiger partial charge in [0.2, 0.25) is 0 Å². The minimum Gasteiger partial charge on any atom is -0.461 e. The summed E-state index contributed by atoms with van der Waals surface area (Å²) in [5, 5.41) is 0. The number of rotatable bonds is 2. The molecular formula is C12H12O2. The van der Waals surface area contributed by atoms with Gasteiger partial charge in [0.05, 0.1) is 0 Å². The number of ketones is 1. The molecule has 0 atom stereocenters. The maximum atomic E-state index is 11.2. The molecule has 1 aliphatic carbocycles. The van der Waals surface area contributed by atoms with E-state index < -0.39 is 0 Å². The summed E-state index contributed by atoms with van der Waals surface area (Å²) in [6, 6.07) is 9.56. The number of carbonyl (C=O) groups is 1. The third-order valence-electron chi connectivity index (χ3n) is 2.40. The first-order valence-electron chi connectivity index (χ1n) is 4.73. The van der Waals surface area contributed by atoms with Crippen LogP contribution in [0.4, 0.5) is 0 Å². The molecule has 1 aromatic carbocycles. The zero-order valence-electron chi connectivity index (χ0n) is 8.12. The number of para-hydroxylation sites is 1. The molecule has 72 valence electrons. The normalized spacial score (nSPS) is 16.2. The number of carbonyl (C=O) groups excluding carboxylic acids is 1. The Balaban J connectivity index is 2.17. The highest BCUT2D eigenvalue weighted by molar-refractivity contribution is 5.97. The lowest BCUT2D eigenvalue weighted by molar-refractivity contribution is -0.114. The molecule has 1 aliphatic rings. The molecule has 0 saturated carbocycles. The molecule has 0 aromatic heterocycles. The van der Waals surface area contributed by atoms with Crippen molar-refractivity contribution in [3.8, 4) is 5.75 Å². The Bertz CT molecular complexity index is 377. The van der Waals surface area contributed by atoms with Crippen LogP contribution < -0.4 is 4.74 Å². The molecule has 0 saturated heterocycles. The second-order valence-corrected chi connectivity index (χ2v) is 3.39. The molecule has 0 bridgehead atoms. The summed E-state index contributed by atoms with van der Waals surface area (Å²) < 4.78 is 5.62. The fraction of sp³-hybridized carbons (Fsp3) is 0.250. The SMILES string of the molecule is CC1=C(Oc2ccccc2)CCC1=O. The second-order valence-electron chi connectivity index (χ2n) is 3.39. The highest BCUT2D eigenvalue weighted by Gasteiger charge is 2.20. The molecule has 0 heterocycles. The van der Waals surface area contributed by atoms with E-state index in [-0.39, 0.29) is 5.78 Å². The van der Waals surface area contributed by atoms with Crippen LogP contribution in [0, 0.1) is 0 Å². The van der Waals surface area contributed by atoms with Crippen molar-refractivity contribution in [2.45, 2.75) is 19.8 Å². The molecule has 2 nitrogen and oxygen atoms in total. The molecule has 1 aromatic rings. The molecule has 0 fully saturated rings. The van der Waals surface area contributed by atoms with Gasteiger partial charge in [-0.25, -0.2) is 0 Å². The molecule has 2 rings (SSSR count). The first-order valence-corrected chi connectivity index (χ1v) is 4.73. The summed E-state index contributed by atoms with van der Waals surface area (Å²) in [6.07, 6.45) is 1.33. The summed E-state index contributed by atoms with van der Waals surface area (Å²) >= 11 is 0. The minimum atomic E-state index is 0.205. The van der Waals surface area contributed by atoms with Crippen LogP contribution >= 0.6 is 0 Å². The van der Waals surface area contributed by atoms with Crippen molar-refractivity contribution >= 4 is 5.78 Å². The summed E-state index contributed by atoms with van der Waals surface area (Å²) in [5.74, 6) is 1.83. The third-order valence-corrected chi connectivity index (χ3v) is 2.40. The second kappa shape index (κ2) is 3.66. The molecule has 2 heteroatoms. The van der Waals surface area contributed by atoms with E-state index in [9.17, 15) is 4.79 Å². The van der Waals surface area contributed by atoms with E-state index in [1.807, 2.05) is 37.3 Å². The van der Waals surface area contributed by atoms with Crippen molar-refractivity contribution in [1.82, 2.24) is 0 Å².